The van der Waals surface area contributed by atoms with Crippen LogP contribution in [0.4, 0.5) is 0 Å². The van der Waals surface area contributed by atoms with Gasteiger partial charge in [0.1, 0.15) is 0 Å². The van der Waals surface area contributed by atoms with Gasteiger partial charge in [0.2, 0.25) is 5.89 Å². The lowest BCUT2D eigenvalue weighted by molar-refractivity contribution is 0.376. The summed E-state index contributed by atoms with van der Waals surface area (Å²) in [5.41, 5.74) is 5.85. The van der Waals surface area contributed by atoms with Crippen LogP contribution in [0.5, 0.6) is 0 Å². The largest absolute Gasteiger partial charge is 0.370 e. The molecule has 0 unspecified atom stereocenters. The molecular weight excluding hydrogens is 357 g/mol. The molecule has 19 heavy (non-hydrogen) atoms. The summed E-state index contributed by atoms with van der Waals surface area (Å²) in [6.07, 6.45) is 6.93. The summed E-state index contributed by atoms with van der Waals surface area (Å²) in [5.74, 6) is 1.79. The summed E-state index contributed by atoms with van der Waals surface area (Å²) in [5, 5.41) is 7.00. The minimum atomic E-state index is 0. The third kappa shape index (κ3) is 5.75. The van der Waals surface area contributed by atoms with Gasteiger partial charge in [-0.15, -0.1) is 24.0 Å². The molecule has 1 heterocycles. The molecule has 0 bridgehead atoms. The Kier molecular flexibility index (Phi) is 7.11. The van der Waals surface area contributed by atoms with E-state index in [1.54, 1.807) is 6.92 Å². The lowest BCUT2D eigenvalue weighted by Gasteiger charge is -2.23. The van der Waals surface area contributed by atoms with Gasteiger partial charge in [0.05, 0.1) is 6.54 Å². The van der Waals surface area contributed by atoms with Crippen LogP contribution in [-0.2, 0) is 6.42 Å². The summed E-state index contributed by atoms with van der Waals surface area (Å²) in [4.78, 5) is 8.39. The molecule has 108 valence electrons. The Balaban J connectivity index is 0.00000180. The van der Waals surface area contributed by atoms with Crippen LogP contribution in [0.3, 0.4) is 0 Å². The highest BCUT2D eigenvalue weighted by molar-refractivity contribution is 14.0. The zero-order valence-corrected chi connectivity index (χ0v) is 13.6. The number of hydrogen-bond donors (Lipinski definition) is 2. The minimum Gasteiger partial charge on any atom is -0.370 e. The molecule has 6 nitrogen and oxygen atoms in total. The van der Waals surface area contributed by atoms with Crippen LogP contribution in [-0.4, -0.2) is 28.7 Å². The molecular formula is C12H22IN5O. The number of nitrogens with two attached hydrogens (primary N) is 1. The quantitative estimate of drug-likeness (QED) is 0.473. The lowest BCUT2D eigenvalue weighted by atomic mass is 9.96. The second-order valence-corrected chi connectivity index (χ2v) is 4.73. The van der Waals surface area contributed by atoms with E-state index in [4.69, 9.17) is 10.3 Å². The molecule has 1 saturated carbocycles. The number of nitrogens with zero attached hydrogens (tertiary/aromatic N) is 3. The number of nitrogens with one attached hydrogen (secondary N) is 1. The van der Waals surface area contributed by atoms with Gasteiger partial charge in [-0.25, -0.2) is 0 Å². The minimum absolute atomic E-state index is 0. The highest BCUT2D eigenvalue weighted by atomic mass is 127. The molecule has 1 aromatic heterocycles. The van der Waals surface area contributed by atoms with Crippen molar-refractivity contribution in [2.24, 2.45) is 10.7 Å². The molecule has 0 aliphatic heterocycles. The molecule has 0 spiro atoms. The van der Waals surface area contributed by atoms with Gasteiger partial charge in [0, 0.05) is 12.5 Å². The van der Waals surface area contributed by atoms with Crippen LogP contribution in [0.15, 0.2) is 9.52 Å². The van der Waals surface area contributed by atoms with Gasteiger partial charge in [0.15, 0.2) is 11.8 Å². The summed E-state index contributed by atoms with van der Waals surface area (Å²) in [7, 11) is 0. The number of rotatable bonds is 4. The monoisotopic (exact) mass is 379 g/mol. The lowest BCUT2D eigenvalue weighted by Crippen LogP contribution is -2.41. The smallest absolute Gasteiger partial charge is 0.228 e. The van der Waals surface area contributed by atoms with Gasteiger partial charge in [-0.3, -0.25) is 4.99 Å². The average Bonchev–Trinajstić information content (AvgIpc) is 2.76. The molecule has 1 fully saturated rings. The fraction of sp³-hybridized carbons (Fsp3) is 0.750. The summed E-state index contributed by atoms with van der Waals surface area (Å²) >= 11 is 0. The van der Waals surface area contributed by atoms with Crippen molar-refractivity contribution < 1.29 is 4.52 Å². The molecule has 1 aromatic rings. The van der Waals surface area contributed by atoms with E-state index in [-0.39, 0.29) is 24.0 Å². The molecule has 0 aromatic carbocycles. The van der Waals surface area contributed by atoms with Gasteiger partial charge in [-0.2, -0.15) is 4.98 Å². The summed E-state index contributed by atoms with van der Waals surface area (Å²) < 4.78 is 5.00. The molecule has 7 heteroatoms. The number of guanidine groups is 1. The first-order valence-electron chi connectivity index (χ1n) is 6.59. The third-order valence-corrected chi connectivity index (χ3v) is 3.13. The molecule has 0 radical (unpaired) electrons. The van der Waals surface area contributed by atoms with Gasteiger partial charge in [0.25, 0.3) is 0 Å². The van der Waals surface area contributed by atoms with Crippen LogP contribution in [0.2, 0.25) is 0 Å². The maximum absolute atomic E-state index is 5.85. The Labute approximate surface area is 130 Å². The van der Waals surface area contributed by atoms with E-state index in [1.807, 2.05) is 0 Å². The number of aryl methyl sites for hydroxylation is 1. The predicted molar refractivity (Wildman–Crippen MR) is 84.7 cm³/mol. The van der Waals surface area contributed by atoms with Crippen LogP contribution >= 0.6 is 24.0 Å². The zero-order valence-electron chi connectivity index (χ0n) is 11.3. The number of aliphatic imine (C=N–C) groups is 1. The van der Waals surface area contributed by atoms with Gasteiger partial charge in [-0.05, 0) is 19.8 Å². The van der Waals surface area contributed by atoms with E-state index in [0.717, 1.165) is 0 Å². The Morgan fingerprint density at radius 2 is 2.16 bits per heavy atom. The Hall–Kier alpha value is -0.860. The predicted octanol–water partition coefficient (Wildman–Crippen LogP) is 1.78. The van der Waals surface area contributed by atoms with E-state index in [1.165, 1.54) is 32.1 Å². The topological polar surface area (TPSA) is 89.3 Å². The number of halogens is 1. The fourth-order valence-electron chi connectivity index (χ4n) is 2.22. The summed E-state index contributed by atoms with van der Waals surface area (Å²) in [6, 6.07) is 0.494. The van der Waals surface area contributed by atoms with E-state index in [2.05, 4.69) is 20.4 Å². The van der Waals surface area contributed by atoms with Gasteiger partial charge < -0.3 is 15.6 Å². The van der Waals surface area contributed by atoms with Crippen molar-refractivity contribution in [3.05, 3.63) is 11.7 Å². The van der Waals surface area contributed by atoms with Gasteiger partial charge in [-0.1, -0.05) is 24.4 Å². The normalized spacial score (nSPS) is 17.0. The Morgan fingerprint density at radius 1 is 1.42 bits per heavy atom. The fourth-order valence-corrected chi connectivity index (χ4v) is 2.22. The van der Waals surface area contributed by atoms with Crippen molar-refractivity contribution in [2.45, 2.75) is 51.5 Å². The van der Waals surface area contributed by atoms with Crippen molar-refractivity contribution >= 4 is 29.9 Å². The number of aromatic nitrogens is 2. The third-order valence-electron chi connectivity index (χ3n) is 3.13. The van der Waals surface area contributed by atoms with E-state index >= 15 is 0 Å². The van der Waals surface area contributed by atoms with E-state index in [9.17, 15) is 0 Å². The Bertz CT molecular complexity index is 401. The maximum atomic E-state index is 5.85. The first kappa shape index (κ1) is 16.2. The van der Waals surface area contributed by atoms with Crippen molar-refractivity contribution in [3.63, 3.8) is 0 Å². The van der Waals surface area contributed by atoms with Gasteiger partial charge >= 0.3 is 0 Å². The standard InChI is InChI=1S/C12H21N5O.HI/c1-9-15-11(18-17-9)7-8-14-12(13)16-10-5-3-2-4-6-10;/h10H,2-8H2,1H3,(H3,13,14,16);1H. The van der Waals surface area contributed by atoms with Crippen molar-refractivity contribution in [2.75, 3.05) is 6.54 Å². The first-order chi connectivity index (χ1) is 8.74. The van der Waals surface area contributed by atoms with Crippen LogP contribution in [0.1, 0.15) is 43.8 Å². The zero-order chi connectivity index (χ0) is 12.8. The van der Waals surface area contributed by atoms with Crippen LogP contribution in [0.25, 0.3) is 0 Å². The molecule has 3 N–H and O–H groups in total. The second-order valence-electron chi connectivity index (χ2n) is 4.73. The molecule has 1 aliphatic rings. The van der Waals surface area contributed by atoms with E-state index < -0.39 is 0 Å². The number of hydrogen-bond acceptors (Lipinski definition) is 4. The molecule has 0 atom stereocenters. The second kappa shape index (κ2) is 8.34. The summed E-state index contributed by atoms with van der Waals surface area (Å²) in [6.45, 7) is 2.38. The van der Waals surface area contributed by atoms with Crippen molar-refractivity contribution in [1.29, 1.82) is 0 Å². The van der Waals surface area contributed by atoms with Crippen molar-refractivity contribution in [1.82, 2.24) is 15.5 Å². The highest BCUT2D eigenvalue weighted by Crippen LogP contribution is 2.16. The maximum Gasteiger partial charge on any atom is 0.228 e. The van der Waals surface area contributed by atoms with Crippen molar-refractivity contribution in [3.8, 4) is 0 Å². The van der Waals surface area contributed by atoms with Crippen LogP contribution < -0.4 is 11.1 Å². The molecule has 2 rings (SSSR count). The SMILES string of the molecule is Cc1noc(CCN=C(N)NC2CCCCC2)n1.I. The van der Waals surface area contributed by atoms with Crippen LogP contribution in [0, 0.1) is 6.92 Å². The molecule has 0 amide bonds. The highest BCUT2D eigenvalue weighted by Gasteiger charge is 2.13. The Morgan fingerprint density at radius 3 is 2.79 bits per heavy atom. The molecule has 0 saturated heterocycles. The average molecular weight is 379 g/mol. The molecule has 1 aliphatic carbocycles. The van der Waals surface area contributed by atoms with E-state index in [0.29, 0.717) is 36.7 Å². The first-order valence-corrected chi connectivity index (χ1v) is 6.59.